The minimum absolute atomic E-state index is 0.279. The lowest BCUT2D eigenvalue weighted by molar-refractivity contribution is 0.148. The molecule has 0 aromatic rings. The highest BCUT2D eigenvalue weighted by molar-refractivity contribution is 4.62. The SMILES string of the molecule is CCC(CO)N(C)CC. The highest BCUT2D eigenvalue weighted by Gasteiger charge is 2.07. The van der Waals surface area contributed by atoms with E-state index in [4.69, 9.17) is 5.11 Å². The molecule has 1 atom stereocenters. The summed E-state index contributed by atoms with van der Waals surface area (Å²) in [7, 11) is 2.03. The number of hydrogen-bond acceptors (Lipinski definition) is 2. The van der Waals surface area contributed by atoms with Gasteiger partial charge in [-0.05, 0) is 20.0 Å². The van der Waals surface area contributed by atoms with Gasteiger partial charge in [0, 0.05) is 6.04 Å². The summed E-state index contributed by atoms with van der Waals surface area (Å²) in [4.78, 5) is 2.15. The molecule has 0 spiro atoms. The molecule has 56 valence electrons. The first-order valence-electron chi connectivity index (χ1n) is 3.57. The summed E-state index contributed by atoms with van der Waals surface area (Å²) in [6.45, 7) is 5.48. The highest BCUT2D eigenvalue weighted by Crippen LogP contribution is 1.98. The molecule has 0 aromatic heterocycles. The molecular formula is C7H17NO. The number of rotatable bonds is 4. The molecule has 0 saturated heterocycles. The molecule has 1 N–H and O–H groups in total. The zero-order valence-electron chi connectivity index (χ0n) is 6.59. The zero-order chi connectivity index (χ0) is 7.28. The van der Waals surface area contributed by atoms with Crippen LogP contribution in [0.1, 0.15) is 20.3 Å². The van der Waals surface area contributed by atoms with E-state index in [0.29, 0.717) is 6.04 Å². The maximum Gasteiger partial charge on any atom is 0.0586 e. The molecule has 0 rings (SSSR count). The van der Waals surface area contributed by atoms with Crippen LogP contribution in [0.25, 0.3) is 0 Å². The van der Waals surface area contributed by atoms with E-state index in [0.717, 1.165) is 13.0 Å². The Hall–Kier alpha value is -0.0800. The van der Waals surface area contributed by atoms with Gasteiger partial charge in [-0.15, -0.1) is 0 Å². The molecule has 0 aromatic carbocycles. The van der Waals surface area contributed by atoms with Crippen molar-refractivity contribution >= 4 is 0 Å². The van der Waals surface area contributed by atoms with Gasteiger partial charge in [-0.1, -0.05) is 13.8 Å². The van der Waals surface area contributed by atoms with Crippen molar-refractivity contribution < 1.29 is 5.11 Å². The summed E-state index contributed by atoms with van der Waals surface area (Å²) in [5, 5.41) is 8.79. The van der Waals surface area contributed by atoms with Gasteiger partial charge in [0.1, 0.15) is 0 Å². The summed E-state index contributed by atoms with van der Waals surface area (Å²) in [6, 6.07) is 0.356. The van der Waals surface area contributed by atoms with E-state index in [-0.39, 0.29) is 6.61 Å². The molecule has 0 aliphatic rings. The molecule has 0 bridgehead atoms. The smallest absolute Gasteiger partial charge is 0.0586 e. The van der Waals surface area contributed by atoms with Gasteiger partial charge in [0.15, 0.2) is 0 Å². The Morgan fingerprint density at radius 3 is 2.11 bits per heavy atom. The van der Waals surface area contributed by atoms with E-state index in [2.05, 4.69) is 18.7 Å². The van der Waals surface area contributed by atoms with Crippen LogP contribution in [0.15, 0.2) is 0 Å². The molecular weight excluding hydrogens is 114 g/mol. The van der Waals surface area contributed by atoms with Crippen LogP contribution in [0.3, 0.4) is 0 Å². The molecule has 2 nitrogen and oxygen atoms in total. The van der Waals surface area contributed by atoms with Crippen molar-refractivity contribution in [3.63, 3.8) is 0 Å². The van der Waals surface area contributed by atoms with Gasteiger partial charge in [0.05, 0.1) is 6.61 Å². The van der Waals surface area contributed by atoms with Crippen molar-refractivity contribution in [2.24, 2.45) is 0 Å². The van der Waals surface area contributed by atoms with Gasteiger partial charge in [-0.25, -0.2) is 0 Å². The molecule has 2 heteroatoms. The minimum Gasteiger partial charge on any atom is -0.395 e. The van der Waals surface area contributed by atoms with Crippen LogP contribution < -0.4 is 0 Å². The summed E-state index contributed by atoms with van der Waals surface area (Å²) in [6.07, 6.45) is 1.03. The standard InChI is InChI=1S/C7H17NO/c1-4-7(6-9)8(3)5-2/h7,9H,4-6H2,1-3H3. The van der Waals surface area contributed by atoms with Gasteiger partial charge in [-0.3, -0.25) is 0 Å². The van der Waals surface area contributed by atoms with Crippen LogP contribution >= 0.6 is 0 Å². The van der Waals surface area contributed by atoms with Crippen LogP contribution in [0.4, 0.5) is 0 Å². The lowest BCUT2D eigenvalue weighted by Gasteiger charge is -2.23. The molecule has 0 aliphatic carbocycles. The van der Waals surface area contributed by atoms with Crippen LogP contribution in [-0.4, -0.2) is 36.2 Å². The van der Waals surface area contributed by atoms with Crippen molar-refractivity contribution in [1.82, 2.24) is 4.90 Å². The van der Waals surface area contributed by atoms with Crippen LogP contribution in [0.2, 0.25) is 0 Å². The molecule has 1 unspecified atom stereocenters. The van der Waals surface area contributed by atoms with Crippen LogP contribution in [-0.2, 0) is 0 Å². The Kier molecular flexibility index (Phi) is 4.72. The normalized spacial score (nSPS) is 14.3. The second-order valence-corrected chi connectivity index (χ2v) is 2.32. The number of hydrogen-bond donors (Lipinski definition) is 1. The maximum atomic E-state index is 8.79. The van der Waals surface area contributed by atoms with Crippen molar-refractivity contribution in [3.8, 4) is 0 Å². The number of nitrogens with zero attached hydrogens (tertiary/aromatic N) is 1. The molecule has 0 heterocycles. The van der Waals surface area contributed by atoms with E-state index in [9.17, 15) is 0 Å². The van der Waals surface area contributed by atoms with Crippen molar-refractivity contribution in [3.05, 3.63) is 0 Å². The monoisotopic (exact) mass is 131 g/mol. The van der Waals surface area contributed by atoms with Gasteiger partial charge in [0.25, 0.3) is 0 Å². The summed E-state index contributed by atoms with van der Waals surface area (Å²) in [5.41, 5.74) is 0. The Balaban J connectivity index is 3.50. The van der Waals surface area contributed by atoms with Crippen molar-refractivity contribution in [1.29, 1.82) is 0 Å². The van der Waals surface area contributed by atoms with E-state index in [1.54, 1.807) is 0 Å². The minimum atomic E-state index is 0.279. The fourth-order valence-corrected chi connectivity index (χ4v) is 0.838. The molecule has 9 heavy (non-hydrogen) atoms. The van der Waals surface area contributed by atoms with Crippen molar-refractivity contribution in [2.75, 3.05) is 20.2 Å². The first kappa shape index (κ1) is 8.92. The summed E-state index contributed by atoms with van der Waals surface area (Å²) in [5.74, 6) is 0. The number of aliphatic hydroxyl groups is 1. The third kappa shape index (κ3) is 2.82. The summed E-state index contributed by atoms with van der Waals surface area (Å²) >= 11 is 0. The number of likely N-dealkylation sites (N-methyl/N-ethyl adjacent to an activating group) is 1. The van der Waals surface area contributed by atoms with E-state index in [1.807, 2.05) is 7.05 Å². The van der Waals surface area contributed by atoms with Gasteiger partial charge >= 0.3 is 0 Å². The van der Waals surface area contributed by atoms with Crippen LogP contribution in [0.5, 0.6) is 0 Å². The quantitative estimate of drug-likeness (QED) is 0.607. The van der Waals surface area contributed by atoms with Crippen LogP contribution in [0, 0.1) is 0 Å². The average molecular weight is 131 g/mol. The van der Waals surface area contributed by atoms with Crippen molar-refractivity contribution in [2.45, 2.75) is 26.3 Å². The van der Waals surface area contributed by atoms with E-state index < -0.39 is 0 Å². The maximum absolute atomic E-state index is 8.79. The topological polar surface area (TPSA) is 23.5 Å². The molecule has 0 radical (unpaired) electrons. The largest absolute Gasteiger partial charge is 0.395 e. The lowest BCUT2D eigenvalue weighted by Crippen LogP contribution is -2.33. The lowest BCUT2D eigenvalue weighted by atomic mass is 10.2. The Labute approximate surface area is 57.5 Å². The van der Waals surface area contributed by atoms with E-state index in [1.165, 1.54) is 0 Å². The third-order valence-corrected chi connectivity index (χ3v) is 1.80. The highest BCUT2D eigenvalue weighted by atomic mass is 16.3. The Morgan fingerprint density at radius 2 is 2.00 bits per heavy atom. The second-order valence-electron chi connectivity index (χ2n) is 2.32. The predicted octanol–water partition coefficient (Wildman–Crippen LogP) is 0.709. The molecule has 0 fully saturated rings. The first-order valence-corrected chi connectivity index (χ1v) is 3.57. The third-order valence-electron chi connectivity index (χ3n) is 1.80. The first-order chi connectivity index (χ1) is 4.26. The molecule has 0 amide bonds. The Morgan fingerprint density at radius 1 is 1.44 bits per heavy atom. The number of aliphatic hydroxyl groups excluding tert-OH is 1. The van der Waals surface area contributed by atoms with Gasteiger partial charge in [-0.2, -0.15) is 0 Å². The fraction of sp³-hybridized carbons (Fsp3) is 1.00. The molecule has 0 aliphatic heterocycles. The second kappa shape index (κ2) is 4.77. The Bertz CT molecular complexity index is 61.9. The fourth-order valence-electron chi connectivity index (χ4n) is 0.838. The predicted molar refractivity (Wildman–Crippen MR) is 39.5 cm³/mol. The zero-order valence-corrected chi connectivity index (χ0v) is 6.59. The summed E-state index contributed by atoms with van der Waals surface area (Å²) < 4.78 is 0. The average Bonchev–Trinajstić information content (AvgIpc) is 1.90. The van der Waals surface area contributed by atoms with E-state index >= 15 is 0 Å². The van der Waals surface area contributed by atoms with Gasteiger partial charge in [0.2, 0.25) is 0 Å². The van der Waals surface area contributed by atoms with Gasteiger partial charge < -0.3 is 10.0 Å². The molecule has 0 saturated carbocycles.